The molecule has 2 atom stereocenters. The van der Waals surface area contributed by atoms with Gasteiger partial charge in [0, 0.05) is 26.1 Å². The van der Waals surface area contributed by atoms with Gasteiger partial charge in [-0.3, -0.25) is 14.5 Å². The van der Waals surface area contributed by atoms with E-state index in [1.54, 1.807) is 0 Å². The summed E-state index contributed by atoms with van der Waals surface area (Å²) >= 11 is 0. The molecule has 0 spiro atoms. The van der Waals surface area contributed by atoms with Crippen LogP contribution in [0.25, 0.3) is 0 Å². The van der Waals surface area contributed by atoms with Crippen molar-refractivity contribution in [3.63, 3.8) is 0 Å². The van der Waals surface area contributed by atoms with Crippen molar-refractivity contribution in [1.82, 2.24) is 10.2 Å². The zero-order chi connectivity index (χ0) is 12.1. The highest BCUT2D eigenvalue weighted by Crippen LogP contribution is 2.19. The molecule has 0 radical (unpaired) electrons. The molecular formula is C11H21N3O2. The maximum absolute atomic E-state index is 11.0. The number of carbonyl (C=O) groups excluding carboxylic acids is 2. The third-order valence-electron chi connectivity index (χ3n) is 2.98. The maximum Gasteiger partial charge on any atom is 0.231 e. The number of amides is 2. The van der Waals surface area contributed by atoms with Crippen LogP contribution in [0.4, 0.5) is 0 Å². The Morgan fingerprint density at radius 2 is 2.12 bits per heavy atom. The van der Waals surface area contributed by atoms with Gasteiger partial charge in [-0.25, -0.2) is 0 Å². The van der Waals surface area contributed by atoms with Gasteiger partial charge in [0.1, 0.15) is 0 Å². The summed E-state index contributed by atoms with van der Waals surface area (Å²) in [5, 5.41) is 2.92. The van der Waals surface area contributed by atoms with Crippen LogP contribution < -0.4 is 11.1 Å². The van der Waals surface area contributed by atoms with Crippen molar-refractivity contribution in [2.75, 3.05) is 19.6 Å². The molecule has 92 valence electrons. The number of rotatable bonds is 4. The molecule has 0 aromatic rings. The van der Waals surface area contributed by atoms with Crippen LogP contribution in [0.2, 0.25) is 0 Å². The highest BCUT2D eigenvalue weighted by molar-refractivity contribution is 5.76. The molecule has 5 nitrogen and oxygen atoms in total. The lowest BCUT2D eigenvalue weighted by molar-refractivity contribution is -0.120. The summed E-state index contributed by atoms with van der Waals surface area (Å²) in [4.78, 5) is 23.9. The summed E-state index contributed by atoms with van der Waals surface area (Å²) < 4.78 is 0. The average molecular weight is 227 g/mol. The smallest absolute Gasteiger partial charge is 0.231 e. The molecular weight excluding hydrogens is 206 g/mol. The highest BCUT2D eigenvalue weighted by atomic mass is 16.2. The molecule has 1 fully saturated rings. The van der Waals surface area contributed by atoms with Crippen molar-refractivity contribution >= 4 is 11.8 Å². The van der Waals surface area contributed by atoms with Crippen molar-refractivity contribution in [3.05, 3.63) is 0 Å². The first-order valence-corrected chi connectivity index (χ1v) is 5.79. The Kier molecular flexibility index (Phi) is 4.73. The Hall–Kier alpha value is -1.10. The van der Waals surface area contributed by atoms with E-state index in [9.17, 15) is 9.59 Å². The largest absolute Gasteiger partial charge is 0.369 e. The van der Waals surface area contributed by atoms with E-state index in [4.69, 9.17) is 5.73 Å². The monoisotopic (exact) mass is 227 g/mol. The van der Waals surface area contributed by atoms with E-state index >= 15 is 0 Å². The van der Waals surface area contributed by atoms with E-state index in [2.05, 4.69) is 12.2 Å². The zero-order valence-electron chi connectivity index (χ0n) is 10.0. The molecule has 1 saturated heterocycles. The predicted molar refractivity (Wildman–Crippen MR) is 61.6 cm³/mol. The molecule has 0 aromatic carbocycles. The lowest BCUT2D eigenvalue weighted by Gasteiger charge is -2.37. The fourth-order valence-corrected chi connectivity index (χ4v) is 2.34. The fourth-order valence-electron chi connectivity index (χ4n) is 2.34. The summed E-state index contributed by atoms with van der Waals surface area (Å²) in [5.74, 6) is 0.212. The molecule has 5 heteroatoms. The van der Waals surface area contributed by atoms with Gasteiger partial charge in [-0.15, -0.1) is 0 Å². The molecule has 0 saturated carbocycles. The van der Waals surface area contributed by atoms with E-state index < -0.39 is 0 Å². The Morgan fingerprint density at radius 1 is 1.44 bits per heavy atom. The van der Waals surface area contributed by atoms with Crippen molar-refractivity contribution in [3.8, 4) is 0 Å². The molecule has 0 aliphatic carbocycles. The normalized spacial score (nSPS) is 26.4. The van der Waals surface area contributed by atoms with Gasteiger partial charge in [-0.05, 0) is 12.3 Å². The number of piperidine rings is 1. The van der Waals surface area contributed by atoms with Crippen molar-refractivity contribution in [2.45, 2.75) is 32.7 Å². The molecule has 16 heavy (non-hydrogen) atoms. The van der Waals surface area contributed by atoms with Crippen molar-refractivity contribution in [2.24, 2.45) is 11.7 Å². The minimum absolute atomic E-state index is 0.0132. The maximum atomic E-state index is 11.0. The topological polar surface area (TPSA) is 75.4 Å². The zero-order valence-corrected chi connectivity index (χ0v) is 10.0. The second-order valence-corrected chi connectivity index (χ2v) is 4.57. The van der Waals surface area contributed by atoms with Crippen molar-refractivity contribution in [1.29, 1.82) is 0 Å². The molecule has 3 N–H and O–H groups in total. The van der Waals surface area contributed by atoms with Gasteiger partial charge in [0.2, 0.25) is 11.8 Å². The van der Waals surface area contributed by atoms with Crippen LogP contribution in [0.1, 0.15) is 26.7 Å². The van der Waals surface area contributed by atoms with E-state index in [0.717, 1.165) is 25.9 Å². The molecule has 0 bridgehead atoms. The Bertz CT molecular complexity index is 244. The molecule has 1 rings (SSSR count). The Balaban J connectivity index is 2.53. The van der Waals surface area contributed by atoms with Crippen LogP contribution >= 0.6 is 0 Å². The second-order valence-electron chi connectivity index (χ2n) is 4.57. The van der Waals surface area contributed by atoms with E-state index in [0.29, 0.717) is 5.92 Å². The van der Waals surface area contributed by atoms with E-state index in [1.165, 1.54) is 6.92 Å². The number of nitrogens with zero attached hydrogens (tertiary/aromatic N) is 1. The summed E-state index contributed by atoms with van der Waals surface area (Å²) in [6, 6.07) is 0.149. The van der Waals surface area contributed by atoms with Gasteiger partial charge in [0.15, 0.2) is 0 Å². The molecule has 1 aliphatic rings. The molecule has 2 unspecified atom stereocenters. The average Bonchev–Trinajstić information content (AvgIpc) is 2.14. The summed E-state index contributed by atoms with van der Waals surface area (Å²) in [7, 11) is 0. The number of nitrogens with two attached hydrogens (primary N) is 1. The van der Waals surface area contributed by atoms with Crippen LogP contribution in [-0.4, -0.2) is 42.4 Å². The lowest BCUT2D eigenvalue weighted by Crippen LogP contribution is -2.52. The first kappa shape index (κ1) is 13.0. The molecule has 0 aromatic heterocycles. The first-order valence-electron chi connectivity index (χ1n) is 5.79. The first-order chi connectivity index (χ1) is 7.51. The third kappa shape index (κ3) is 4.18. The second kappa shape index (κ2) is 5.84. The predicted octanol–water partition coefficient (Wildman–Crippen LogP) is -0.292. The number of hydrogen-bond donors (Lipinski definition) is 2. The van der Waals surface area contributed by atoms with E-state index in [-0.39, 0.29) is 24.4 Å². The number of hydrogen-bond acceptors (Lipinski definition) is 3. The number of primary amides is 1. The van der Waals surface area contributed by atoms with Crippen LogP contribution in [0.3, 0.4) is 0 Å². The minimum atomic E-state index is -0.307. The van der Waals surface area contributed by atoms with Crippen LogP contribution in [0, 0.1) is 5.92 Å². The lowest BCUT2D eigenvalue weighted by atomic mass is 9.92. The standard InChI is InChI=1S/C11H21N3O2/c1-3-9-4-10(13-8(2)15)6-14(5-9)7-11(12)16/h9-10H,3-7H2,1-2H3,(H2,12,16)(H,13,15). The minimum Gasteiger partial charge on any atom is -0.369 e. The number of carbonyl (C=O) groups is 2. The third-order valence-corrected chi connectivity index (χ3v) is 2.98. The number of nitrogens with one attached hydrogen (secondary N) is 1. The summed E-state index contributed by atoms with van der Waals surface area (Å²) in [6.45, 7) is 5.55. The van der Waals surface area contributed by atoms with Gasteiger partial charge in [0.05, 0.1) is 6.54 Å². The highest BCUT2D eigenvalue weighted by Gasteiger charge is 2.27. The SMILES string of the molecule is CCC1CC(NC(C)=O)CN(CC(N)=O)C1. The number of likely N-dealkylation sites (tertiary alicyclic amines) is 1. The van der Waals surface area contributed by atoms with Crippen LogP contribution in [0.15, 0.2) is 0 Å². The quantitative estimate of drug-likeness (QED) is 0.693. The molecule has 2 amide bonds. The Morgan fingerprint density at radius 3 is 2.62 bits per heavy atom. The van der Waals surface area contributed by atoms with Crippen LogP contribution in [-0.2, 0) is 9.59 Å². The van der Waals surface area contributed by atoms with E-state index in [1.807, 2.05) is 4.90 Å². The Labute approximate surface area is 96.4 Å². The van der Waals surface area contributed by atoms with Crippen LogP contribution in [0.5, 0.6) is 0 Å². The molecule has 1 heterocycles. The van der Waals surface area contributed by atoms with Gasteiger partial charge in [0.25, 0.3) is 0 Å². The van der Waals surface area contributed by atoms with Gasteiger partial charge in [-0.1, -0.05) is 13.3 Å². The summed E-state index contributed by atoms with van der Waals surface area (Å²) in [6.07, 6.45) is 2.05. The fraction of sp³-hybridized carbons (Fsp3) is 0.818. The van der Waals surface area contributed by atoms with Gasteiger partial charge >= 0.3 is 0 Å². The van der Waals surface area contributed by atoms with Crippen molar-refractivity contribution < 1.29 is 9.59 Å². The summed E-state index contributed by atoms with van der Waals surface area (Å²) in [5.41, 5.74) is 5.19. The van der Waals surface area contributed by atoms with Gasteiger partial charge < -0.3 is 11.1 Å². The van der Waals surface area contributed by atoms with Gasteiger partial charge in [-0.2, -0.15) is 0 Å². The molecule has 1 aliphatic heterocycles.